The summed E-state index contributed by atoms with van der Waals surface area (Å²) in [4.78, 5) is 21.8. The fraction of sp³-hybridized carbons (Fsp3) is 0.630. The van der Waals surface area contributed by atoms with Crippen LogP contribution >= 0.6 is 0 Å². The van der Waals surface area contributed by atoms with Gasteiger partial charge in [-0.25, -0.2) is 4.98 Å². The van der Waals surface area contributed by atoms with Crippen LogP contribution in [0.1, 0.15) is 62.0 Å². The Morgan fingerprint density at radius 1 is 1.12 bits per heavy atom. The Balaban J connectivity index is 1.46. The van der Waals surface area contributed by atoms with E-state index in [2.05, 4.69) is 48.0 Å². The highest BCUT2D eigenvalue weighted by Crippen LogP contribution is 2.39. The van der Waals surface area contributed by atoms with Crippen LogP contribution in [0.4, 0.5) is 0 Å². The molecule has 1 aromatic heterocycles. The number of benzene rings is 1. The van der Waals surface area contributed by atoms with Crippen molar-refractivity contribution in [1.29, 1.82) is 0 Å². The summed E-state index contributed by atoms with van der Waals surface area (Å²) in [6.07, 6.45) is 10.4. The zero-order valence-corrected chi connectivity index (χ0v) is 20.6. The molecule has 1 amide bonds. The van der Waals surface area contributed by atoms with E-state index in [1.165, 1.54) is 24.8 Å². The third-order valence-electron chi connectivity index (χ3n) is 7.26. The summed E-state index contributed by atoms with van der Waals surface area (Å²) >= 11 is 0. The zero-order chi connectivity index (χ0) is 23.3. The van der Waals surface area contributed by atoms with Crippen LogP contribution < -0.4 is 4.74 Å². The number of aromatic nitrogens is 2. The molecular formula is C27H40N4O2. The molecule has 2 aromatic rings. The van der Waals surface area contributed by atoms with Gasteiger partial charge in [-0.15, -0.1) is 0 Å². The van der Waals surface area contributed by atoms with Gasteiger partial charge in [-0.05, 0) is 55.1 Å². The Morgan fingerprint density at radius 3 is 2.64 bits per heavy atom. The molecule has 0 N–H and O–H groups in total. The monoisotopic (exact) mass is 452 g/mol. The van der Waals surface area contributed by atoms with Gasteiger partial charge < -0.3 is 14.2 Å². The molecule has 1 spiro atoms. The normalized spacial score (nSPS) is 20.1. The minimum atomic E-state index is 0.0719. The van der Waals surface area contributed by atoms with E-state index in [1.54, 1.807) is 6.33 Å². The second kappa shape index (κ2) is 10.7. The van der Waals surface area contributed by atoms with E-state index in [9.17, 15) is 4.79 Å². The molecule has 0 aliphatic carbocycles. The number of amides is 1. The lowest BCUT2D eigenvalue weighted by Gasteiger charge is -2.45. The first-order valence-corrected chi connectivity index (χ1v) is 12.6. The number of piperidine rings is 1. The number of carbonyl (C=O) groups excluding carboxylic acids is 1. The predicted octanol–water partition coefficient (Wildman–Crippen LogP) is 4.41. The fourth-order valence-corrected chi connectivity index (χ4v) is 5.53. The Kier molecular flexibility index (Phi) is 7.74. The van der Waals surface area contributed by atoms with Crippen molar-refractivity contribution in [3.8, 4) is 5.75 Å². The maximum atomic E-state index is 12.9. The molecule has 33 heavy (non-hydrogen) atoms. The quantitative estimate of drug-likeness (QED) is 0.692. The smallest absolute Gasteiger partial charge is 0.274 e. The molecule has 1 fully saturated rings. The third-order valence-corrected chi connectivity index (χ3v) is 7.26. The maximum Gasteiger partial charge on any atom is 0.274 e. The van der Waals surface area contributed by atoms with Crippen molar-refractivity contribution >= 4 is 5.91 Å². The van der Waals surface area contributed by atoms with Crippen LogP contribution in [-0.4, -0.2) is 64.6 Å². The number of imidazole rings is 1. The van der Waals surface area contributed by atoms with Crippen LogP contribution in [0.3, 0.4) is 0 Å². The Hall–Kier alpha value is -2.34. The van der Waals surface area contributed by atoms with Gasteiger partial charge in [-0.1, -0.05) is 38.5 Å². The van der Waals surface area contributed by atoms with Crippen molar-refractivity contribution in [2.45, 2.75) is 52.4 Å². The van der Waals surface area contributed by atoms with Crippen molar-refractivity contribution in [3.63, 3.8) is 0 Å². The minimum Gasteiger partial charge on any atom is -0.492 e. The van der Waals surface area contributed by atoms with Gasteiger partial charge in [-0.2, -0.15) is 0 Å². The summed E-state index contributed by atoms with van der Waals surface area (Å²) in [6.45, 7) is 10.1. The van der Waals surface area contributed by atoms with Crippen LogP contribution in [-0.2, 0) is 13.5 Å². The van der Waals surface area contributed by atoms with Gasteiger partial charge in [0.15, 0.2) is 0 Å². The molecule has 1 saturated heterocycles. The van der Waals surface area contributed by atoms with Crippen molar-refractivity contribution in [3.05, 3.63) is 48.0 Å². The number of rotatable bonds is 3. The first-order valence-electron chi connectivity index (χ1n) is 12.6. The molecule has 0 atom stereocenters. The highest BCUT2D eigenvalue weighted by Gasteiger charge is 2.37. The molecule has 180 valence electrons. The van der Waals surface area contributed by atoms with Gasteiger partial charge in [0.1, 0.15) is 18.1 Å². The molecule has 3 heterocycles. The van der Waals surface area contributed by atoms with E-state index in [0.717, 1.165) is 64.3 Å². The summed E-state index contributed by atoms with van der Waals surface area (Å²) < 4.78 is 8.09. The first kappa shape index (κ1) is 23.8. The fourth-order valence-electron chi connectivity index (χ4n) is 5.53. The number of fused-ring (bicyclic) bond motifs is 1. The van der Waals surface area contributed by atoms with Crippen molar-refractivity contribution in [2.24, 2.45) is 18.4 Å². The summed E-state index contributed by atoms with van der Waals surface area (Å²) in [5.41, 5.74) is 2.16. The largest absolute Gasteiger partial charge is 0.492 e. The lowest BCUT2D eigenvalue weighted by atomic mass is 9.73. The molecule has 0 saturated carbocycles. The number of para-hydroxylation sites is 1. The molecular weight excluding hydrogens is 412 g/mol. The van der Waals surface area contributed by atoms with Crippen LogP contribution in [0.2, 0.25) is 0 Å². The molecule has 0 bridgehead atoms. The van der Waals surface area contributed by atoms with Crippen LogP contribution in [0.15, 0.2) is 36.8 Å². The first-order chi connectivity index (χ1) is 15.9. The molecule has 6 nitrogen and oxygen atoms in total. The number of carbonyl (C=O) groups is 1. The number of aryl methyl sites for hydroxylation is 2. The van der Waals surface area contributed by atoms with Gasteiger partial charge in [0, 0.05) is 46.0 Å². The van der Waals surface area contributed by atoms with E-state index >= 15 is 0 Å². The number of ether oxygens (including phenoxy) is 1. The van der Waals surface area contributed by atoms with Gasteiger partial charge >= 0.3 is 0 Å². The molecule has 1 aromatic carbocycles. The van der Waals surface area contributed by atoms with Crippen molar-refractivity contribution in [2.75, 3.05) is 39.3 Å². The second-order valence-corrected chi connectivity index (χ2v) is 10.5. The summed E-state index contributed by atoms with van der Waals surface area (Å²) in [5, 5.41) is 0. The SMILES string of the molecule is CC(C)CN1CCOc2ccccc2CCCCC2(CCN(C(=O)c3cn(C)cn3)CC2)C1. The molecule has 2 aliphatic rings. The van der Waals surface area contributed by atoms with Gasteiger partial charge in [0.25, 0.3) is 5.91 Å². The Bertz CT molecular complexity index is 914. The molecule has 0 radical (unpaired) electrons. The summed E-state index contributed by atoms with van der Waals surface area (Å²) in [5.74, 6) is 1.74. The number of hydrogen-bond donors (Lipinski definition) is 0. The summed E-state index contributed by atoms with van der Waals surface area (Å²) in [6, 6.07) is 8.52. The van der Waals surface area contributed by atoms with Gasteiger partial charge in [-0.3, -0.25) is 9.69 Å². The van der Waals surface area contributed by atoms with Crippen LogP contribution in [0, 0.1) is 11.3 Å². The highest BCUT2D eigenvalue weighted by molar-refractivity contribution is 5.92. The van der Waals surface area contributed by atoms with E-state index in [0.29, 0.717) is 11.6 Å². The minimum absolute atomic E-state index is 0.0719. The van der Waals surface area contributed by atoms with Crippen molar-refractivity contribution < 1.29 is 9.53 Å². The average Bonchev–Trinajstić information content (AvgIpc) is 3.23. The third kappa shape index (κ3) is 6.17. The Morgan fingerprint density at radius 2 is 1.91 bits per heavy atom. The predicted molar refractivity (Wildman–Crippen MR) is 132 cm³/mol. The van der Waals surface area contributed by atoms with Gasteiger partial charge in [0.05, 0.1) is 6.33 Å². The lowest BCUT2D eigenvalue weighted by molar-refractivity contribution is 0.0352. The lowest BCUT2D eigenvalue weighted by Crippen LogP contribution is -2.49. The topological polar surface area (TPSA) is 50.6 Å². The molecule has 6 heteroatoms. The zero-order valence-electron chi connectivity index (χ0n) is 20.6. The standard InChI is InChI=1S/C27H40N4O2/c1-22(2)18-30-16-17-33-25-10-5-4-8-23(25)9-6-7-11-27(20-30)12-14-31(15-13-27)26(32)24-19-29(3)21-28-24/h4-5,8,10,19,21-22H,6-7,9,11-18,20H2,1-3H3. The molecule has 0 unspecified atom stereocenters. The average molecular weight is 453 g/mol. The molecule has 4 rings (SSSR count). The van der Waals surface area contributed by atoms with E-state index in [1.807, 2.05) is 22.7 Å². The number of hydrogen-bond acceptors (Lipinski definition) is 4. The van der Waals surface area contributed by atoms with E-state index in [-0.39, 0.29) is 11.3 Å². The maximum absolute atomic E-state index is 12.9. The number of nitrogens with zero attached hydrogens (tertiary/aromatic N) is 4. The summed E-state index contributed by atoms with van der Waals surface area (Å²) in [7, 11) is 1.91. The van der Waals surface area contributed by atoms with Crippen LogP contribution in [0.25, 0.3) is 0 Å². The van der Waals surface area contributed by atoms with Gasteiger partial charge in [0.2, 0.25) is 0 Å². The second-order valence-electron chi connectivity index (χ2n) is 10.5. The van der Waals surface area contributed by atoms with E-state index < -0.39 is 0 Å². The van der Waals surface area contributed by atoms with E-state index in [4.69, 9.17) is 4.74 Å². The number of likely N-dealkylation sites (tertiary alicyclic amines) is 1. The Labute approximate surface area is 198 Å². The molecule has 2 aliphatic heterocycles. The van der Waals surface area contributed by atoms with Crippen molar-refractivity contribution in [1.82, 2.24) is 19.4 Å². The highest BCUT2D eigenvalue weighted by atomic mass is 16.5. The van der Waals surface area contributed by atoms with Crippen LogP contribution in [0.5, 0.6) is 5.75 Å².